The Balaban J connectivity index is 0.000000574. The van der Waals surface area contributed by atoms with Crippen molar-refractivity contribution < 1.29 is 5.11 Å². The Bertz CT molecular complexity index is 613. The summed E-state index contributed by atoms with van der Waals surface area (Å²) in [7, 11) is 0. The van der Waals surface area contributed by atoms with Gasteiger partial charge in [0.1, 0.15) is 10.8 Å². The minimum Gasteiger partial charge on any atom is -0.507 e. The Morgan fingerprint density at radius 2 is 1.61 bits per heavy atom. The molecule has 0 saturated heterocycles. The molecule has 2 aromatic carbocycles. The smallest absolute Gasteiger partial charge is 0.128 e. The highest BCUT2D eigenvalue weighted by Gasteiger charge is 2.08. The number of hydrogen-bond acceptors (Lipinski definition) is 3. The van der Waals surface area contributed by atoms with Gasteiger partial charge in [0.05, 0.1) is 15.8 Å². The Hall–Kier alpha value is -1.87. The predicted octanol–water partition coefficient (Wildman–Crippen LogP) is 4.70. The zero-order valence-corrected chi connectivity index (χ0v) is 11.2. The summed E-state index contributed by atoms with van der Waals surface area (Å²) in [4.78, 5) is 4.50. The first-order valence-electron chi connectivity index (χ1n) is 5.98. The van der Waals surface area contributed by atoms with Crippen LogP contribution in [0, 0.1) is 0 Å². The van der Waals surface area contributed by atoms with Gasteiger partial charge in [-0.15, -0.1) is 11.3 Å². The Morgan fingerprint density at radius 1 is 0.944 bits per heavy atom. The first kappa shape index (κ1) is 12.6. The molecule has 0 bridgehead atoms. The third-order valence-electron chi connectivity index (χ3n) is 2.43. The van der Waals surface area contributed by atoms with Gasteiger partial charge in [0.25, 0.3) is 0 Å². The predicted molar refractivity (Wildman–Crippen MR) is 78.1 cm³/mol. The summed E-state index contributed by atoms with van der Waals surface area (Å²) in [6, 6.07) is 15.3. The highest BCUT2D eigenvalue weighted by Crippen LogP contribution is 2.34. The fourth-order valence-corrected chi connectivity index (χ4v) is 2.64. The molecule has 0 aliphatic heterocycles. The number of thiazole rings is 1. The monoisotopic (exact) mass is 257 g/mol. The second kappa shape index (κ2) is 5.65. The van der Waals surface area contributed by atoms with Crippen LogP contribution in [0.15, 0.2) is 48.5 Å². The average Bonchev–Trinajstić information content (AvgIpc) is 2.85. The van der Waals surface area contributed by atoms with E-state index in [2.05, 4.69) is 4.98 Å². The average molecular weight is 257 g/mol. The molecule has 0 aliphatic carbocycles. The quantitative estimate of drug-likeness (QED) is 0.685. The maximum atomic E-state index is 9.76. The van der Waals surface area contributed by atoms with Gasteiger partial charge >= 0.3 is 0 Å². The molecular formula is C15H15NOS. The van der Waals surface area contributed by atoms with Crippen LogP contribution >= 0.6 is 11.3 Å². The van der Waals surface area contributed by atoms with E-state index < -0.39 is 0 Å². The number of phenols is 1. The topological polar surface area (TPSA) is 33.1 Å². The molecule has 0 saturated carbocycles. The van der Waals surface area contributed by atoms with Gasteiger partial charge < -0.3 is 5.11 Å². The summed E-state index contributed by atoms with van der Waals surface area (Å²) < 4.78 is 1.14. The van der Waals surface area contributed by atoms with Crippen molar-refractivity contribution in [1.82, 2.24) is 4.98 Å². The van der Waals surface area contributed by atoms with Crippen LogP contribution < -0.4 is 0 Å². The SMILES string of the molecule is CC.Oc1ccccc1-c1nc2ccccc2s1. The van der Waals surface area contributed by atoms with Crippen LogP contribution in [0.5, 0.6) is 5.75 Å². The third kappa shape index (κ3) is 2.36. The van der Waals surface area contributed by atoms with Crippen LogP contribution in [0.3, 0.4) is 0 Å². The first-order valence-corrected chi connectivity index (χ1v) is 6.80. The molecule has 3 rings (SSSR count). The van der Waals surface area contributed by atoms with E-state index in [1.807, 2.05) is 56.3 Å². The summed E-state index contributed by atoms with van der Waals surface area (Å²) in [6.07, 6.45) is 0. The highest BCUT2D eigenvalue weighted by atomic mass is 32.1. The van der Waals surface area contributed by atoms with E-state index >= 15 is 0 Å². The van der Waals surface area contributed by atoms with Gasteiger partial charge in [0.15, 0.2) is 0 Å². The van der Waals surface area contributed by atoms with Crippen LogP contribution in [-0.2, 0) is 0 Å². The minimum absolute atomic E-state index is 0.279. The molecule has 0 spiro atoms. The summed E-state index contributed by atoms with van der Waals surface area (Å²) in [5.74, 6) is 0.279. The van der Waals surface area contributed by atoms with Gasteiger partial charge in [0, 0.05) is 0 Å². The van der Waals surface area contributed by atoms with E-state index in [9.17, 15) is 5.11 Å². The normalized spacial score (nSPS) is 9.89. The summed E-state index contributed by atoms with van der Waals surface area (Å²) in [5, 5.41) is 10.6. The third-order valence-corrected chi connectivity index (χ3v) is 3.50. The van der Waals surface area contributed by atoms with Gasteiger partial charge in [0.2, 0.25) is 0 Å². The number of fused-ring (bicyclic) bond motifs is 1. The maximum absolute atomic E-state index is 9.76. The standard InChI is InChI=1S/C13H9NOS.C2H6/c15-11-7-3-1-5-9(11)13-14-10-6-2-4-8-12(10)16-13;1-2/h1-8,15H;1-2H3. The van der Waals surface area contributed by atoms with E-state index in [1.165, 1.54) is 0 Å². The molecular weight excluding hydrogens is 242 g/mol. The Kier molecular flexibility index (Phi) is 3.95. The molecule has 2 nitrogen and oxygen atoms in total. The lowest BCUT2D eigenvalue weighted by Gasteiger charge is -1.98. The largest absolute Gasteiger partial charge is 0.507 e. The number of nitrogens with zero attached hydrogens (tertiary/aromatic N) is 1. The van der Waals surface area contributed by atoms with Gasteiger partial charge in [-0.25, -0.2) is 4.98 Å². The van der Waals surface area contributed by atoms with E-state index in [-0.39, 0.29) is 5.75 Å². The molecule has 0 unspecified atom stereocenters. The molecule has 92 valence electrons. The Morgan fingerprint density at radius 3 is 2.33 bits per heavy atom. The maximum Gasteiger partial charge on any atom is 0.128 e. The number of hydrogen-bond donors (Lipinski definition) is 1. The number of aromatic nitrogens is 1. The van der Waals surface area contributed by atoms with Gasteiger partial charge in [-0.05, 0) is 24.3 Å². The molecule has 18 heavy (non-hydrogen) atoms. The molecule has 0 atom stereocenters. The molecule has 0 fully saturated rings. The molecule has 0 amide bonds. The van der Waals surface area contributed by atoms with Gasteiger partial charge in [-0.3, -0.25) is 0 Å². The van der Waals surface area contributed by atoms with E-state index in [1.54, 1.807) is 17.4 Å². The van der Waals surface area contributed by atoms with Crippen molar-refractivity contribution in [2.75, 3.05) is 0 Å². The van der Waals surface area contributed by atoms with Crippen molar-refractivity contribution in [2.24, 2.45) is 0 Å². The molecule has 3 aromatic rings. The number of benzene rings is 2. The van der Waals surface area contributed by atoms with E-state index in [0.717, 1.165) is 20.8 Å². The number of aromatic hydroxyl groups is 1. The van der Waals surface area contributed by atoms with Crippen molar-refractivity contribution in [3.8, 4) is 16.3 Å². The fourth-order valence-electron chi connectivity index (χ4n) is 1.64. The van der Waals surface area contributed by atoms with Gasteiger partial charge in [-0.1, -0.05) is 38.1 Å². The van der Waals surface area contributed by atoms with Crippen molar-refractivity contribution in [2.45, 2.75) is 13.8 Å². The lowest BCUT2D eigenvalue weighted by Crippen LogP contribution is -1.76. The lowest BCUT2D eigenvalue weighted by atomic mass is 10.2. The van der Waals surface area contributed by atoms with Crippen molar-refractivity contribution in [3.63, 3.8) is 0 Å². The molecule has 0 radical (unpaired) electrons. The van der Waals surface area contributed by atoms with Crippen LogP contribution in [0.4, 0.5) is 0 Å². The number of phenolic OH excluding ortho intramolecular Hbond substituents is 1. The first-order chi connectivity index (χ1) is 8.84. The lowest BCUT2D eigenvalue weighted by molar-refractivity contribution is 0.477. The second-order valence-corrected chi connectivity index (χ2v) is 4.53. The molecule has 1 N–H and O–H groups in total. The Labute approximate surface area is 111 Å². The number of rotatable bonds is 1. The highest BCUT2D eigenvalue weighted by molar-refractivity contribution is 7.21. The number of para-hydroxylation sites is 2. The van der Waals surface area contributed by atoms with Crippen LogP contribution in [0.2, 0.25) is 0 Å². The molecule has 1 heterocycles. The summed E-state index contributed by atoms with van der Waals surface area (Å²) >= 11 is 1.59. The fraction of sp³-hybridized carbons (Fsp3) is 0.133. The van der Waals surface area contributed by atoms with E-state index in [0.29, 0.717) is 0 Å². The zero-order valence-electron chi connectivity index (χ0n) is 10.4. The second-order valence-electron chi connectivity index (χ2n) is 3.50. The molecule has 0 aliphatic rings. The summed E-state index contributed by atoms with van der Waals surface area (Å²) in [5.41, 5.74) is 1.77. The minimum atomic E-state index is 0.279. The van der Waals surface area contributed by atoms with Crippen LogP contribution in [0.25, 0.3) is 20.8 Å². The van der Waals surface area contributed by atoms with Crippen molar-refractivity contribution in [1.29, 1.82) is 0 Å². The summed E-state index contributed by atoms with van der Waals surface area (Å²) in [6.45, 7) is 4.00. The molecule has 3 heteroatoms. The van der Waals surface area contributed by atoms with Crippen LogP contribution in [0.1, 0.15) is 13.8 Å². The van der Waals surface area contributed by atoms with Crippen LogP contribution in [-0.4, -0.2) is 10.1 Å². The molecule has 1 aromatic heterocycles. The van der Waals surface area contributed by atoms with E-state index in [4.69, 9.17) is 0 Å². The van der Waals surface area contributed by atoms with Crippen molar-refractivity contribution >= 4 is 21.6 Å². The zero-order chi connectivity index (χ0) is 13.0. The van der Waals surface area contributed by atoms with Gasteiger partial charge in [-0.2, -0.15) is 0 Å². The van der Waals surface area contributed by atoms with Crippen molar-refractivity contribution in [3.05, 3.63) is 48.5 Å².